The smallest absolute Gasteiger partial charge is 0.307 e. The van der Waals surface area contributed by atoms with Crippen molar-refractivity contribution in [1.82, 2.24) is 4.57 Å². The number of hydrogen-bond acceptors (Lipinski definition) is 4. The maximum atomic E-state index is 13.8. The molecule has 1 amide bonds. The number of esters is 1. The molecular formula is C19H17FN2O3S. The van der Waals surface area contributed by atoms with Crippen molar-refractivity contribution in [2.45, 2.75) is 19.9 Å². The van der Waals surface area contributed by atoms with Crippen LogP contribution in [-0.2, 0) is 16.1 Å². The van der Waals surface area contributed by atoms with E-state index in [0.717, 1.165) is 10.2 Å². The fourth-order valence-electron chi connectivity index (χ4n) is 2.54. The Balaban J connectivity index is 2.02. The van der Waals surface area contributed by atoms with E-state index in [4.69, 9.17) is 4.74 Å². The number of carbonyl (C=O) groups is 2. The van der Waals surface area contributed by atoms with Gasteiger partial charge in [-0.05, 0) is 31.2 Å². The predicted molar refractivity (Wildman–Crippen MR) is 97.4 cm³/mol. The third-order valence-corrected chi connectivity index (χ3v) is 4.79. The van der Waals surface area contributed by atoms with E-state index in [1.807, 2.05) is 24.3 Å². The highest BCUT2D eigenvalue weighted by molar-refractivity contribution is 7.16. The second-order valence-corrected chi connectivity index (χ2v) is 6.46. The lowest BCUT2D eigenvalue weighted by molar-refractivity contribution is -0.143. The number of carbonyl (C=O) groups excluding carboxylic acids is 2. The number of ether oxygens (including phenoxy) is 1. The van der Waals surface area contributed by atoms with Gasteiger partial charge in [-0.2, -0.15) is 4.99 Å². The van der Waals surface area contributed by atoms with Crippen molar-refractivity contribution >= 4 is 33.4 Å². The molecule has 0 bridgehead atoms. The van der Waals surface area contributed by atoms with Crippen LogP contribution in [0.2, 0.25) is 0 Å². The number of para-hydroxylation sites is 1. The molecule has 0 fully saturated rings. The molecule has 3 rings (SSSR count). The van der Waals surface area contributed by atoms with Crippen LogP contribution < -0.4 is 4.80 Å². The van der Waals surface area contributed by atoms with Crippen LogP contribution in [0.5, 0.6) is 0 Å². The number of hydrogen-bond donors (Lipinski definition) is 0. The molecule has 2 aromatic carbocycles. The first-order valence-corrected chi connectivity index (χ1v) is 8.99. The van der Waals surface area contributed by atoms with Gasteiger partial charge in [0.15, 0.2) is 4.80 Å². The van der Waals surface area contributed by atoms with Crippen LogP contribution in [0.15, 0.2) is 53.5 Å². The maximum Gasteiger partial charge on any atom is 0.307 e. The summed E-state index contributed by atoms with van der Waals surface area (Å²) in [5.41, 5.74) is 0.781. The Morgan fingerprint density at radius 1 is 1.15 bits per heavy atom. The molecule has 5 nitrogen and oxygen atoms in total. The van der Waals surface area contributed by atoms with Crippen molar-refractivity contribution in [3.05, 3.63) is 64.7 Å². The van der Waals surface area contributed by atoms with Crippen LogP contribution in [0.3, 0.4) is 0 Å². The predicted octanol–water partition coefficient (Wildman–Crippen LogP) is 3.54. The fraction of sp³-hybridized carbons (Fsp3) is 0.211. The summed E-state index contributed by atoms with van der Waals surface area (Å²) in [5.74, 6) is -1.58. The van der Waals surface area contributed by atoms with Crippen molar-refractivity contribution in [2.24, 2.45) is 4.99 Å². The van der Waals surface area contributed by atoms with Crippen LogP contribution in [-0.4, -0.2) is 23.1 Å². The Bertz CT molecular complexity index is 1020. The number of nitrogens with zero attached hydrogens (tertiary/aromatic N) is 2. The monoisotopic (exact) mass is 372 g/mol. The van der Waals surface area contributed by atoms with Crippen LogP contribution >= 0.6 is 11.3 Å². The van der Waals surface area contributed by atoms with E-state index in [1.54, 1.807) is 17.6 Å². The minimum absolute atomic E-state index is 0.0816. The van der Waals surface area contributed by atoms with E-state index in [-0.39, 0.29) is 18.0 Å². The van der Waals surface area contributed by atoms with E-state index in [0.29, 0.717) is 18.0 Å². The number of amides is 1. The summed E-state index contributed by atoms with van der Waals surface area (Å²) in [7, 11) is 0. The van der Waals surface area contributed by atoms with Gasteiger partial charge in [0.05, 0.1) is 28.8 Å². The Kier molecular flexibility index (Phi) is 5.58. The number of benzene rings is 2. The standard InChI is InChI=1S/C19H17FN2O3S/c1-2-25-17(23)11-12-22-15-9-5-6-10-16(15)26-19(22)21-18(24)13-7-3-4-8-14(13)20/h3-10H,2,11-12H2,1H3. The Morgan fingerprint density at radius 2 is 1.88 bits per heavy atom. The number of fused-ring (bicyclic) bond motifs is 1. The first-order valence-electron chi connectivity index (χ1n) is 8.17. The average molecular weight is 372 g/mol. The van der Waals surface area contributed by atoms with Crippen molar-refractivity contribution in [2.75, 3.05) is 6.61 Å². The molecule has 0 aliphatic carbocycles. The zero-order valence-corrected chi connectivity index (χ0v) is 15.0. The third kappa shape index (κ3) is 3.88. The van der Waals surface area contributed by atoms with Crippen molar-refractivity contribution in [1.29, 1.82) is 0 Å². The van der Waals surface area contributed by atoms with Crippen LogP contribution in [0, 0.1) is 5.82 Å². The zero-order chi connectivity index (χ0) is 18.5. The third-order valence-electron chi connectivity index (χ3n) is 3.73. The van der Waals surface area contributed by atoms with E-state index < -0.39 is 11.7 Å². The van der Waals surface area contributed by atoms with Gasteiger partial charge in [-0.3, -0.25) is 9.59 Å². The average Bonchev–Trinajstić information content (AvgIpc) is 2.97. The van der Waals surface area contributed by atoms with Crippen molar-refractivity contribution in [3.8, 4) is 0 Å². The van der Waals surface area contributed by atoms with Crippen LogP contribution in [0.1, 0.15) is 23.7 Å². The molecule has 3 aromatic rings. The molecular weight excluding hydrogens is 355 g/mol. The lowest BCUT2D eigenvalue weighted by Crippen LogP contribution is -2.19. The number of thiazole rings is 1. The molecule has 0 N–H and O–H groups in total. The molecule has 1 heterocycles. The molecule has 0 saturated heterocycles. The highest BCUT2D eigenvalue weighted by Crippen LogP contribution is 2.17. The number of aromatic nitrogens is 1. The molecule has 0 spiro atoms. The van der Waals surface area contributed by atoms with Crippen molar-refractivity contribution < 1.29 is 18.7 Å². The maximum absolute atomic E-state index is 13.8. The van der Waals surface area contributed by atoms with Gasteiger partial charge in [-0.1, -0.05) is 35.6 Å². The largest absolute Gasteiger partial charge is 0.466 e. The fourth-order valence-corrected chi connectivity index (χ4v) is 3.59. The van der Waals surface area contributed by atoms with Gasteiger partial charge in [0.1, 0.15) is 5.82 Å². The summed E-state index contributed by atoms with van der Waals surface area (Å²) in [4.78, 5) is 28.6. The summed E-state index contributed by atoms with van der Waals surface area (Å²) in [6.45, 7) is 2.39. The lowest BCUT2D eigenvalue weighted by atomic mass is 10.2. The molecule has 0 unspecified atom stereocenters. The first kappa shape index (κ1) is 18.0. The summed E-state index contributed by atoms with van der Waals surface area (Å²) in [6, 6.07) is 13.3. The van der Waals surface area contributed by atoms with E-state index in [1.165, 1.54) is 29.5 Å². The van der Waals surface area contributed by atoms with Gasteiger partial charge in [0.2, 0.25) is 0 Å². The van der Waals surface area contributed by atoms with E-state index in [2.05, 4.69) is 4.99 Å². The number of aryl methyl sites for hydroxylation is 1. The highest BCUT2D eigenvalue weighted by atomic mass is 32.1. The molecule has 0 radical (unpaired) electrons. The van der Waals surface area contributed by atoms with Gasteiger partial charge in [-0.15, -0.1) is 0 Å². The molecule has 0 atom stereocenters. The summed E-state index contributed by atoms with van der Waals surface area (Å²) >= 11 is 1.32. The number of halogens is 1. The molecule has 0 aliphatic heterocycles. The first-order chi connectivity index (χ1) is 12.6. The summed E-state index contributed by atoms with van der Waals surface area (Å²) < 4.78 is 21.5. The molecule has 7 heteroatoms. The van der Waals surface area contributed by atoms with Gasteiger partial charge in [0.25, 0.3) is 5.91 Å². The normalized spacial score (nSPS) is 11.7. The summed E-state index contributed by atoms with van der Waals surface area (Å²) in [5, 5.41) is 0. The molecule has 0 saturated carbocycles. The van der Waals surface area contributed by atoms with Gasteiger partial charge in [0, 0.05) is 6.54 Å². The Hall–Kier alpha value is -2.80. The van der Waals surface area contributed by atoms with E-state index in [9.17, 15) is 14.0 Å². The van der Waals surface area contributed by atoms with E-state index >= 15 is 0 Å². The molecule has 1 aromatic heterocycles. The summed E-state index contributed by atoms with van der Waals surface area (Å²) in [6.07, 6.45) is 0.162. The molecule has 0 aliphatic rings. The lowest BCUT2D eigenvalue weighted by Gasteiger charge is -2.05. The van der Waals surface area contributed by atoms with Crippen molar-refractivity contribution in [3.63, 3.8) is 0 Å². The second-order valence-electron chi connectivity index (χ2n) is 5.46. The van der Waals surface area contributed by atoms with Gasteiger partial charge < -0.3 is 9.30 Å². The SMILES string of the molecule is CCOC(=O)CCn1c(=NC(=O)c2ccccc2F)sc2ccccc21. The quantitative estimate of drug-likeness (QED) is 0.644. The van der Waals surface area contributed by atoms with Crippen LogP contribution in [0.25, 0.3) is 10.2 Å². The van der Waals surface area contributed by atoms with Crippen LogP contribution in [0.4, 0.5) is 4.39 Å². The zero-order valence-electron chi connectivity index (χ0n) is 14.1. The second kappa shape index (κ2) is 8.05. The number of rotatable bonds is 5. The Labute approximate surface area is 153 Å². The molecule has 26 heavy (non-hydrogen) atoms. The minimum atomic E-state index is -0.653. The minimum Gasteiger partial charge on any atom is -0.466 e. The van der Waals surface area contributed by atoms with Gasteiger partial charge >= 0.3 is 5.97 Å². The highest BCUT2D eigenvalue weighted by Gasteiger charge is 2.13. The molecule has 134 valence electrons. The topological polar surface area (TPSA) is 60.7 Å². The van der Waals surface area contributed by atoms with Gasteiger partial charge in [-0.25, -0.2) is 4.39 Å². The Morgan fingerprint density at radius 3 is 2.65 bits per heavy atom.